The second kappa shape index (κ2) is 15.4. The van der Waals surface area contributed by atoms with Gasteiger partial charge in [-0.3, -0.25) is 5.73 Å². The molecule has 0 fully saturated rings. The molecule has 1 aliphatic rings. The minimum atomic E-state index is -0.839. The summed E-state index contributed by atoms with van der Waals surface area (Å²) in [5, 5.41) is 9.25. The lowest BCUT2D eigenvalue weighted by atomic mass is 10.0. The van der Waals surface area contributed by atoms with E-state index in [0.717, 1.165) is 18.7 Å². The van der Waals surface area contributed by atoms with E-state index in [1.165, 1.54) is 83.5 Å². The molecule has 0 aromatic rings. The first-order valence-corrected chi connectivity index (χ1v) is 11.7. The van der Waals surface area contributed by atoms with Crippen molar-refractivity contribution < 1.29 is 14.4 Å². The van der Waals surface area contributed by atoms with Crippen molar-refractivity contribution in [3.05, 3.63) is 25.1 Å². The molecule has 3 N–H and O–H groups in total. The highest BCUT2D eigenvalue weighted by Crippen LogP contribution is 2.23. The van der Waals surface area contributed by atoms with E-state index in [9.17, 15) is 9.90 Å². The number of nitrogens with two attached hydrogens (primary N) is 1. The van der Waals surface area contributed by atoms with Gasteiger partial charge in [0.1, 0.15) is 12.4 Å². The number of quaternary nitrogens is 1. The van der Waals surface area contributed by atoms with Crippen LogP contribution in [0.25, 0.3) is 0 Å². The standard InChI is InChI=1S/C24H43N3O2/c1-3-4-5-6-7-8-9-10-11-12-13-14-15-16-17-18-23-26-19-20-27(23,22(2)25)21-24(28)29/h3,19-20,22H,1,4-18,21,25H2,2H3/p+1. The van der Waals surface area contributed by atoms with Crippen molar-refractivity contribution in [2.24, 2.45) is 10.7 Å². The first-order chi connectivity index (χ1) is 14.0. The molecule has 1 aliphatic heterocycles. The van der Waals surface area contributed by atoms with Crippen LogP contribution >= 0.6 is 0 Å². The molecule has 0 aromatic carbocycles. The summed E-state index contributed by atoms with van der Waals surface area (Å²) in [6.07, 6.45) is 24.3. The molecule has 0 aromatic heterocycles. The van der Waals surface area contributed by atoms with E-state index in [-0.39, 0.29) is 17.2 Å². The Balaban J connectivity index is 2.00. The molecular weight excluding hydrogens is 362 g/mol. The molecule has 1 rings (SSSR count). The van der Waals surface area contributed by atoms with Crippen LogP contribution in [0, 0.1) is 0 Å². The maximum absolute atomic E-state index is 11.3. The molecule has 5 nitrogen and oxygen atoms in total. The van der Waals surface area contributed by atoms with Crippen molar-refractivity contribution in [3.8, 4) is 0 Å². The molecule has 5 heteroatoms. The first kappa shape index (κ1) is 25.6. The number of carbonyl (C=O) groups is 1. The smallest absolute Gasteiger partial charge is 0.360 e. The third-order valence-electron chi connectivity index (χ3n) is 5.97. The first-order valence-electron chi connectivity index (χ1n) is 11.7. The predicted molar refractivity (Wildman–Crippen MR) is 122 cm³/mol. The summed E-state index contributed by atoms with van der Waals surface area (Å²) in [4.78, 5) is 15.7. The van der Waals surface area contributed by atoms with Gasteiger partial charge in [0.05, 0.1) is 6.20 Å². The molecule has 0 radical (unpaired) electrons. The molecule has 0 aliphatic carbocycles. The Morgan fingerprint density at radius 2 is 1.52 bits per heavy atom. The SMILES string of the molecule is C=CCCCCCCCCCCCCCCCC1=NC=C[N+]1(CC(=O)O)C(C)N. The summed E-state index contributed by atoms with van der Waals surface area (Å²) in [7, 11) is 0. The summed E-state index contributed by atoms with van der Waals surface area (Å²) in [6.45, 7) is 5.60. The zero-order valence-corrected chi connectivity index (χ0v) is 18.7. The third-order valence-corrected chi connectivity index (χ3v) is 5.97. The van der Waals surface area contributed by atoms with Crippen LogP contribution in [-0.2, 0) is 4.79 Å². The van der Waals surface area contributed by atoms with Gasteiger partial charge in [-0.1, -0.05) is 76.7 Å². The Morgan fingerprint density at radius 3 is 1.97 bits per heavy atom. The summed E-state index contributed by atoms with van der Waals surface area (Å²) in [5.41, 5.74) is 6.10. The zero-order chi connectivity index (χ0) is 21.4. The van der Waals surface area contributed by atoms with Gasteiger partial charge in [0, 0.05) is 13.3 Å². The highest BCUT2D eigenvalue weighted by Gasteiger charge is 2.40. The van der Waals surface area contributed by atoms with Crippen molar-refractivity contribution in [1.29, 1.82) is 0 Å². The van der Waals surface area contributed by atoms with Crippen molar-refractivity contribution in [2.45, 2.75) is 109 Å². The zero-order valence-electron chi connectivity index (χ0n) is 18.7. The molecule has 0 bridgehead atoms. The van der Waals surface area contributed by atoms with Gasteiger partial charge in [0.25, 0.3) is 0 Å². The third kappa shape index (κ3) is 10.2. The van der Waals surface area contributed by atoms with Crippen LogP contribution in [0.1, 0.15) is 103 Å². The molecule has 2 unspecified atom stereocenters. The fraction of sp³-hybridized carbons (Fsp3) is 0.750. The molecule has 0 amide bonds. The average molecular weight is 407 g/mol. The van der Waals surface area contributed by atoms with E-state index in [1.807, 2.05) is 19.2 Å². The fourth-order valence-electron chi connectivity index (χ4n) is 4.10. The number of unbranched alkanes of at least 4 members (excludes halogenated alkanes) is 13. The van der Waals surface area contributed by atoms with E-state index >= 15 is 0 Å². The Labute approximate surface area is 178 Å². The van der Waals surface area contributed by atoms with E-state index in [4.69, 9.17) is 5.73 Å². The fourth-order valence-corrected chi connectivity index (χ4v) is 4.10. The van der Waals surface area contributed by atoms with Crippen molar-refractivity contribution in [3.63, 3.8) is 0 Å². The van der Waals surface area contributed by atoms with E-state index in [2.05, 4.69) is 11.6 Å². The van der Waals surface area contributed by atoms with Gasteiger partial charge in [-0.05, 0) is 19.3 Å². The quantitative estimate of drug-likeness (QED) is 0.154. The highest BCUT2D eigenvalue weighted by atomic mass is 16.4. The Kier molecular flexibility index (Phi) is 13.6. The van der Waals surface area contributed by atoms with Crippen LogP contribution in [0.4, 0.5) is 0 Å². The highest BCUT2D eigenvalue weighted by molar-refractivity contribution is 5.81. The molecule has 166 valence electrons. The number of hydrogen-bond donors (Lipinski definition) is 2. The number of amidine groups is 1. The molecule has 0 spiro atoms. The number of aliphatic carboxylic acids is 1. The van der Waals surface area contributed by atoms with Gasteiger partial charge < -0.3 is 5.11 Å². The second-order valence-corrected chi connectivity index (χ2v) is 8.49. The Hall–Kier alpha value is -1.46. The molecule has 29 heavy (non-hydrogen) atoms. The largest absolute Gasteiger partial charge is 0.477 e. The van der Waals surface area contributed by atoms with Crippen LogP contribution in [0.3, 0.4) is 0 Å². The monoisotopic (exact) mass is 406 g/mol. The summed E-state index contributed by atoms with van der Waals surface area (Å²) >= 11 is 0. The maximum Gasteiger partial charge on any atom is 0.360 e. The van der Waals surface area contributed by atoms with Crippen molar-refractivity contribution >= 4 is 11.8 Å². The van der Waals surface area contributed by atoms with Gasteiger partial charge in [-0.25, -0.2) is 14.3 Å². The molecular formula is C24H44N3O2+. The number of carboxylic acid groups (broad SMARTS) is 1. The molecule has 1 heterocycles. The lowest BCUT2D eigenvalue weighted by Gasteiger charge is -2.34. The van der Waals surface area contributed by atoms with Gasteiger partial charge in [0.2, 0.25) is 5.84 Å². The predicted octanol–water partition coefficient (Wildman–Crippen LogP) is 6.11. The van der Waals surface area contributed by atoms with Gasteiger partial charge >= 0.3 is 5.97 Å². The Morgan fingerprint density at radius 1 is 1.03 bits per heavy atom. The minimum Gasteiger partial charge on any atom is -0.477 e. The number of hydrogen-bond acceptors (Lipinski definition) is 3. The number of aliphatic imine (C=N–C) groups is 1. The summed E-state index contributed by atoms with van der Waals surface area (Å²) in [6, 6.07) is 0. The van der Waals surface area contributed by atoms with E-state index in [0.29, 0.717) is 0 Å². The normalized spacial score (nSPS) is 19.3. The van der Waals surface area contributed by atoms with Crippen LogP contribution in [-0.4, -0.2) is 34.1 Å². The molecule has 0 saturated carbocycles. The lowest BCUT2D eigenvalue weighted by molar-refractivity contribution is -0.805. The maximum atomic E-state index is 11.3. The number of rotatable bonds is 19. The molecule has 2 atom stereocenters. The van der Waals surface area contributed by atoms with E-state index in [1.54, 1.807) is 6.20 Å². The van der Waals surface area contributed by atoms with Crippen molar-refractivity contribution in [1.82, 2.24) is 0 Å². The second-order valence-electron chi connectivity index (χ2n) is 8.49. The summed E-state index contributed by atoms with van der Waals surface area (Å²) < 4.78 is 0.170. The van der Waals surface area contributed by atoms with Crippen LogP contribution < -0.4 is 5.73 Å². The van der Waals surface area contributed by atoms with Gasteiger partial charge in [-0.15, -0.1) is 6.58 Å². The topological polar surface area (TPSA) is 75.7 Å². The number of allylic oxidation sites excluding steroid dienone is 1. The van der Waals surface area contributed by atoms with Gasteiger partial charge in [-0.2, -0.15) is 0 Å². The average Bonchev–Trinajstić information content (AvgIpc) is 3.08. The Bertz CT molecular complexity index is 528. The van der Waals surface area contributed by atoms with E-state index < -0.39 is 5.97 Å². The van der Waals surface area contributed by atoms with Crippen LogP contribution in [0.5, 0.6) is 0 Å². The number of carboxylic acids is 1. The van der Waals surface area contributed by atoms with Crippen LogP contribution in [0.2, 0.25) is 0 Å². The van der Waals surface area contributed by atoms with Crippen LogP contribution in [0.15, 0.2) is 30.0 Å². The molecule has 0 saturated heterocycles. The summed E-state index contributed by atoms with van der Waals surface area (Å²) in [5.74, 6) is 0.0566. The number of nitrogens with zero attached hydrogens (tertiary/aromatic N) is 2. The lowest BCUT2D eigenvalue weighted by Crippen LogP contribution is -2.59. The van der Waals surface area contributed by atoms with Crippen molar-refractivity contribution in [2.75, 3.05) is 6.54 Å². The van der Waals surface area contributed by atoms with Gasteiger partial charge in [0.15, 0.2) is 6.54 Å². The minimum absolute atomic E-state index is 0.0260.